The van der Waals surface area contributed by atoms with Crippen LogP contribution in [0.25, 0.3) is 5.82 Å². The van der Waals surface area contributed by atoms with Crippen molar-refractivity contribution < 1.29 is 0 Å². The summed E-state index contributed by atoms with van der Waals surface area (Å²) in [5.74, 6) is 0.732. The van der Waals surface area contributed by atoms with Gasteiger partial charge in [-0.1, -0.05) is 19.1 Å². The van der Waals surface area contributed by atoms with Crippen LogP contribution in [0.15, 0.2) is 6.07 Å². The largest absolute Gasteiger partial charge is 0.389 e. The molecule has 0 saturated carbocycles. The van der Waals surface area contributed by atoms with E-state index < -0.39 is 0 Å². The van der Waals surface area contributed by atoms with E-state index in [0.717, 1.165) is 40.4 Å². The molecular weight excluding hydrogens is 268 g/mol. The molecule has 0 aliphatic carbocycles. The van der Waals surface area contributed by atoms with Gasteiger partial charge in [-0.05, 0) is 51.3 Å². The lowest BCUT2D eigenvalue weighted by atomic mass is 10.1. The van der Waals surface area contributed by atoms with Gasteiger partial charge in [0.1, 0.15) is 4.99 Å². The summed E-state index contributed by atoms with van der Waals surface area (Å²) in [6, 6.07) is 1.99. The highest BCUT2D eigenvalue weighted by Crippen LogP contribution is 2.22. The molecule has 2 rings (SSSR count). The Kier molecular flexibility index (Phi) is 3.90. The van der Waals surface area contributed by atoms with Gasteiger partial charge in [-0.2, -0.15) is 5.10 Å². The van der Waals surface area contributed by atoms with Gasteiger partial charge in [0.2, 0.25) is 0 Å². The second kappa shape index (κ2) is 5.32. The van der Waals surface area contributed by atoms with Gasteiger partial charge >= 0.3 is 0 Å². The zero-order valence-corrected chi connectivity index (χ0v) is 13.4. The molecule has 2 aromatic rings. The summed E-state index contributed by atoms with van der Waals surface area (Å²) in [4.78, 5) is 4.97. The first-order valence-corrected chi connectivity index (χ1v) is 7.11. The van der Waals surface area contributed by atoms with E-state index in [-0.39, 0.29) is 0 Å². The van der Waals surface area contributed by atoms with Crippen LogP contribution in [0.2, 0.25) is 0 Å². The van der Waals surface area contributed by atoms with Gasteiger partial charge in [0.25, 0.3) is 0 Å². The average molecular weight is 288 g/mol. The van der Waals surface area contributed by atoms with Crippen LogP contribution in [0.3, 0.4) is 0 Å². The number of pyridine rings is 1. The van der Waals surface area contributed by atoms with Gasteiger partial charge < -0.3 is 5.73 Å². The van der Waals surface area contributed by atoms with Crippen molar-refractivity contribution in [3.63, 3.8) is 0 Å². The fourth-order valence-electron chi connectivity index (χ4n) is 2.67. The fraction of sp³-hybridized carbons (Fsp3) is 0.400. The second-order valence-electron chi connectivity index (χ2n) is 5.06. The van der Waals surface area contributed by atoms with E-state index >= 15 is 0 Å². The minimum atomic E-state index is 0.357. The highest BCUT2D eigenvalue weighted by Gasteiger charge is 2.18. The first-order chi connectivity index (χ1) is 9.36. The molecule has 0 radical (unpaired) electrons. The van der Waals surface area contributed by atoms with Gasteiger partial charge in [0.05, 0.1) is 11.3 Å². The van der Waals surface area contributed by atoms with Crippen LogP contribution in [-0.2, 0) is 6.42 Å². The Morgan fingerprint density at radius 2 is 1.95 bits per heavy atom. The lowest BCUT2D eigenvalue weighted by molar-refractivity contribution is 0.797. The third kappa shape index (κ3) is 2.33. The quantitative estimate of drug-likeness (QED) is 0.882. The lowest BCUT2D eigenvalue weighted by Crippen LogP contribution is -2.18. The number of hydrogen-bond acceptors (Lipinski definition) is 3. The molecule has 2 N–H and O–H groups in total. The predicted octanol–water partition coefficient (Wildman–Crippen LogP) is 2.70. The lowest BCUT2D eigenvalue weighted by Gasteiger charge is -2.13. The van der Waals surface area contributed by atoms with Crippen molar-refractivity contribution in [3.05, 3.63) is 39.8 Å². The zero-order chi connectivity index (χ0) is 15.0. The van der Waals surface area contributed by atoms with E-state index in [1.807, 2.05) is 31.5 Å². The van der Waals surface area contributed by atoms with Gasteiger partial charge in [0.15, 0.2) is 5.82 Å². The zero-order valence-electron chi connectivity index (χ0n) is 12.6. The molecular formula is C15H20N4S. The van der Waals surface area contributed by atoms with Crippen LogP contribution in [0.5, 0.6) is 0 Å². The van der Waals surface area contributed by atoms with E-state index in [4.69, 9.17) is 18.0 Å². The summed E-state index contributed by atoms with van der Waals surface area (Å²) < 4.78 is 1.86. The molecule has 0 bridgehead atoms. The summed E-state index contributed by atoms with van der Waals surface area (Å²) >= 11 is 5.19. The third-order valence-electron chi connectivity index (χ3n) is 3.57. The predicted molar refractivity (Wildman–Crippen MR) is 85.6 cm³/mol. The number of rotatable bonds is 3. The summed E-state index contributed by atoms with van der Waals surface area (Å²) in [5.41, 5.74) is 12.0. The van der Waals surface area contributed by atoms with Gasteiger partial charge in [-0.25, -0.2) is 9.67 Å². The average Bonchev–Trinajstić information content (AvgIpc) is 2.62. The van der Waals surface area contributed by atoms with E-state index in [9.17, 15) is 0 Å². The van der Waals surface area contributed by atoms with Crippen molar-refractivity contribution in [2.75, 3.05) is 0 Å². The number of aryl methyl sites for hydroxylation is 3. The Bertz CT molecular complexity index is 686. The summed E-state index contributed by atoms with van der Waals surface area (Å²) in [6.07, 6.45) is 0.949. The molecule has 106 valence electrons. The number of aromatic nitrogens is 3. The van der Waals surface area contributed by atoms with Crippen LogP contribution >= 0.6 is 12.2 Å². The maximum Gasteiger partial charge on any atom is 0.164 e. The summed E-state index contributed by atoms with van der Waals surface area (Å²) in [6.45, 7) is 10.2. The molecule has 20 heavy (non-hydrogen) atoms. The number of nitrogens with two attached hydrogens (primary N) is 1. The highest BCUT2D eigenvalue weighted by atomic mass is 32.1. The Hall–Kier alpha value is -1.75. The van der Waals surface area contributed by atoms with Crippen LogP contribution in [0.1, 0.15) is 40.7 Å². The smallest absolute Gasteiger partial charge is 0.164 e. The molecule has 0 amide bonds. The molecule has 0 aliphatic rings. The molecule has 0 unspecified atom stereocenters. The second-order valence-corrected chi connectivity index (χ2v) is 5.50. The van der Waals surface area contributed by atoms with Crippen molar-refractivity contribution >= 4 is 17.2 Å². The van der Waals surface area contributed by atoms with E-state index in [0.29, 0.717) is 4.99 Å². The monoisotopic (exact) mass is 288 g/mol. The molecule has 0 saturated heterocycles. The maximum absolute atomic E-state index is 5.88. The minimum absolute atomic E-state index is 0.357. The van der Waals surface area contributed by atoms with E-state index in [1.165, 1.54) is 5.56 Å². The van der Waals surface area contributed by atoms with E-state index in [2.05, 4.69) is 23.9 Å². The SMILES string of the molecule is CCc1c(C)nn(-c2nc(C)cc(C)c2C(N)=S)c1C. The molecule has 4 nitrogen and oxygen atoms in total. The standard InChI is InChI=1S/C15H20N4S/c1-6-12-10(4)18-19(11(12)5)15-13(14(16)20)8(2)7-9(3)17-15/h7H,6H2,1-5H3,(H2,16,20). The molecule has 2 aromatic heterocycles. The Labute approximate surface area is 125 Å². The third-order valence-corrected chi connectivity index (χ3v) is 3.77. The molecule has 0 aromatic carbocycles. The molecule has 0 atom stereocenters. The number of thiocarbonyl (C=S) groups is 1. The van der Waals surface area contributed by atoms with Crippen molar-refractivity contribution in [2.45, 2.75) is 41.0 Å². The first kappa shape index (κ1) is 14.7. The number of hydrogen-bond donors (Lipinski definition) is 1. The molecule has 0 fully saturated rings. The highest BCUT2D eigenvalue weighted by molar-refractivity contribution is 7.80. The van der Waals surface area contributed by atoms with Crippen molar-refractivity contribution in [1.29, 1.82) is 0 Å². The fourth-order valence-corrected chi connectivity index (χ4v) is 2.92. The molecule has 0 aliphatic heterocycles. The Morgan fingerprint density at radius 3 is 2.45 bits per heavy atom. The van der Waals surface area contributed by atoms with Gasteiger partial charge in [0, 0.05) is 11.4 Å². The van der Waals surface area contributed by atoms with Crippen LogP contribution in [-0.4, -0.2) is 19.8 Å². The molecule has 2 heterocycles. The van der Waals surface area contributed by atoms with Crippen LogP contribution < -0.4 is 5.73 Å². The van der Waals surface area contributed by atoms with Crippen LogP contribution in [0, 0.1) is 27.7 Å². The minimum Gasteiger partial charge on any atom is -0.389 e. The molecule has 0 spiro atoms. The maximum atomic E-state index is 5.88. The number of nitrogens with zero attached hydrogens (tertiary/aromatic N) is 3. The van der Waals surface area contributed by atoms with Crippen LogP contribution in [0.4, 0.5) is 0 Å². The first-order valence-electron chi connectivity index (χ1n) is 6.70. The van der Waals surface area contributed by atoms with Gasteiger partial charge in [-0.3, -0.25) is 0 Å². The summed E-state index contributed by atoms with van der Waals surface area (Å²) in [7, 11) is 0. The van der Waals surface area contributed by atoms with Crippen molar-refractivity contribution in [2.24, 2.45) is 5.73 Å². The topological polar surface area (TPSA) is 56.7 Å². The molecule has 5 heteroatoms. The summed E-state index contributed by atoms with van der Waals surface area (Å²) in [5, 5.41) is 4.62. The Balaban J connectivity index is 2.79. The van der Waals surface area contributed by atoms with Crippen molar-refractivity contribution in [1.82, 2.24) is 14.8 Å². The van der Waals surface area contributed by atoms with Gasteiger partial charge in [-0.15, -0.1) is 0 Å². The normalized spacial score (nSPS) is 10.8. The Morgan fingerprint density at radius 1 is 1.30 bits per heavy atom. The van der Waals surface area contributed by atoms with Crippen molar-refractivity contribution in [3.8, 4) is 5.82 Å². The van der Waals surface area contributed by atoms with E-state index in [1.54, 1.807) is 0 Å².